The Kier molecular flexibility index (Phi) is 3.73. The Morgan fingerprint density at radius 1 is 1.32 bits per heavy atom. The third-order valence-electron chi connectivity index (χ3n) is 4.33. The topological polar surface area (TPSA) is 126 Å². The van der Waals surface area contributed by atoms with Gasteiger partial charge in [-0.2, -0.15) is 5.10 Å². The average molecular weight is 362 g/mol. The number of sulfonamides is 1. The molecule has 0 radical (unpaired) electrons. The highest BCUT2D eigenvalue weighted by molar-refractivity contribution is 7.89. The second-order valence-corrected chi connectivity index (χ2v) is 7.78. The Labute approximate surface area is 143 Å². The quantitative estimate of drug-likeness (QED) is 0.634. The van der Waals surface area contributed by atoms with Gasteiger partial charge in [0.15, 0.2) is 5.82 Å². The SMILES string of the molecule is CCc1nc2n(n1)CCCC2NS(=O)(=O)c1ccc2[nH]c(=O)[nH]c2c1. The van der Waals surface area contributed by atoms with Crippen LogP contribution >= 0.6 is 0 Å². The summed E-state index contributed by atoms with van der Waals surface area (Å²) in [5.41, 5.74) is 0.645. The van der Waals surface area contributed by atoms with Crippen molar-refractivity contribution in [1.82, 2.24) is 29.5 Å². The van der Waals surface area contributed by atoms with Gasteiger partial charge in [-0.1, -0.05) is 6.92 Å². The highest BCUT2D eigenvalue weighted by Gasteiger charge is 2.28. The fourth-order valence-electron chi connectivity index (χ4n) is 3.10. The van der Waals surface area contributed by atoms with Crippen molar-refractivity contribution >= 4 is 21.1 Å². The number of nitrogens with zero attached hydrogens (tertiary/aromatic N) is 3. The van der Waals surface area contributed by atoms with E-state index in [9.17, 15) is 13.2 Å². The molecule has 1 aliphatic heterocycles. The van der Waals surface area contributed by atoms with E-state index in [0.717, 1.165) is 13.0 Å². The molecule has 0 bridgehead atoms. The van der Waals surface area contributed by atoms with Gasteiger partial charge in [0.05, 0.1) is 22.0 Å². The smallest absolute Gasteiger partial charge is 0.306 e. The number of aryl methyl sites for hydroxylation is 2. The Balaban J connectivity index is 1.67. The predicted octanol–water partition coefficient (Wildman–Crippen LogP) is 0.824. The maximum Gasteiger partial charge on any atom is 0.323 e. The van der Waals surface area contributed by atoms with Gasteiger partial charge in [0, 0.05) is 13.0 Å². The van der Waals surface area contributed by atoms with E-state index in [1.807, 2.05) is 6.92 Å². The van der Waals surface area contributed by atoms with Crippen LogP contribution in [0.4, 0.5) is 0 Å². The van der Waals surface area contributed by atoms with Gasteiger partial charge >= 0.3 is 5.69 Å². The lowest BCUT2D eigenvalue weighted by molar-refractivity contribution is 0.399. The Morgan fingerprint density at radius 3 is 2.92 bits per heavy atom. The summed E-state index contributed by atoms with van der Waals surface area (Å²) in [5.74, 6) is 1.37. The molecule has 10 heteroatoms. The van der Waals surface area contributed by atoms with E-state index >= 15 is 0 Å². The van der Waals surface area contributed by atoms with Crippen LogP contribution < -0.4 is 10.4 Å². The van der Waals surface area contributed by atoms with Crippen LogP contribution in [0.25, 0.3) is 11.0 Å². The number of hydrogen-bond donors (Lipinski definition) is 3. The first-order valence-electron chi connectivity index (χ1n) is 8.14. The van der Waals surface area contributed by atoms with Crippen LogP contribution in [0.15, 0.2) is 27.9 Å². The summed E-state index contributed by atoms with van der Waals surface area (Å²) < 4.78 is 30.0. The highest BCUT2D eigenvalue weighted by Crippen LogP contribution is 2.26. The summed E-state index contributed by atoms with van der Waals surface area (Å²) in [6.07, 6.45) is 2.21. The molecule has 0 spiro atoms. The monoisotopic (exact) mass is 362 g/mol. The van der Waals surface area contributed by atoms with Gasteiger partial charge in [-0.05, 0) is 31.0 Å². The van der Waals surface area contributed by atoms with Gasteiger partial charge in [-0.3, -0.25) is 0 Å². The standard InChI is InChI=1S/C15H18N6O3S/c1-2-13-18-14-11(4-3-7-21(14)19-13)20-25(23,24)9-5-6-10-12(8-9)17-15(22)16-10/h5-6,8,11,20H,2-4,7H2,1H3,(H2,16,17,22). The van der Waals surface area contributed by atoms with Crippen LogP contribution in [0.1, 0.15) is 37.5 Å². The molecular formula is C15H18N6O3S. The summed E-state index contributed by atoms with van der Waals surface area (Å²) in [4.78, 5) is 21.1. The van der Waals surface area contributed by atoms with Crippen molar-refractivity contribution < 1.29 is 8.42 Å². The van der Waals surface area contributed by atoms with Crippen LogP contribution in [-0.4, -0.2) is 33.2 Å². The molecule has 0 amide bonds. The van der Waals surface area contributed by atoms with Crippen LogP contribution in [0.3, 0.4) is 0 Å². The Hall–Kier alpha value is -2.46. The van der Waals surface area contributed by atoms with Gasteiger partial charge in [-0.25, -0.2) is 27.6 Å². The second-order valence-electron chi connectivity index (χ2n) is 6.07. The molecule has 1 unspecified atom stereocenters. The number of hydrogen-bond acceptors (Lipinski definition) is 5. The fraction of sp³-hybridized carbons (Fsp3) is 0.400. The van der Waals surface area contributed by atoms with Crippen LogP contribution in [0.5, 0.6) is 0 Å². The third-order valence-corrected chi connectivity index (χ3v) is 5.80. The lowest BCUT2D eigenvalue weighted by Crippen LogP contribution is -2.33. The summed E-state index contributed by atoms with van der Waals surface area (Å²) in [5, 5.41) is 4.39. The average Bonchev–Trinajstić information content (AvgIpc) is 3.16. The maximum atomic E-state index is 12.8. The molecule has 0 saturated heterocycles. The molecule has 3 N–H and O–H groups in total. The second kappa shape index (κ2) is 5.81. The molecule has 9 nitrogen and oxygen atoms in total. The molecule has 4 rings (SSSR count). The number of aromatic amines is 2. The summed E-state index contributed by atoms with van der Waals surface area (Å²) in [6, 6.07) is 4.08. The minimum Gasteiger partial charge on any atom is -0.306 e. The number of benzene rings is 1. The van der Waals surface area contributed by atoms with E-state index in [2.05, 4.69) is 24.8 Å². The number of rotatable bonds is 4. The first-order valence-corrected chi connectivity index (χ1v) is 9.62. The van der Waals surface area contributed by atoms with Crippen LogP contribution in [0.2, 0.25) is 0 Å². The molecular weight excluding hydrogens is 344 g/mol. The Morgan fingerprint density at radius 2 is 2.12 bits per heavy atom. The lowest BCUT2D eigenvalue weighted by Gasteiger charge is -2.23. The number of H-pyrrole nitrogens is 2. The van der Waals surface area contributed by atoms with Crippen molar-refractivity contribution in [3.8, 4) is 0 Å². The summed E-state index contributed by atoms with van der Waals surface area (Å²) >= 11 is 0. The first-order chi connectivity index (χ1) is 12.0. The van der Waals surface area contributed by atoms with Crippen molar-refractivity contribution in [2.45, 2.75) is 43.7 Å². The summed E-state index contributed by atoms with van der Waals surface area (Å²) in [6.45, 7) is 2.71. The number of imidazole rings is 1. The van der Waals surface area contributed by atoms with E-state index < -0.39 is 16.1 Å². The van der Waals surface area contributed by atoms with Gasteiger partial charge in [-0.15, -0.1) is 0 Å². The zero-order chi connectivity index (χ0) is 17.6. The molecule has 1 aromatic carbocycles. The van der Waals surface area contributed by atoms with E-state index in [0.29, 0.717) is 35.5 Å². The zero-order valence-electron chi connectivity index (χ0n) is 13.6. The molecule has 3 aromatic rings. The predicted molar refractivity (Wildman–Crippen MR) is 90.6 cm³/mol. The van der Waals surface area contributed by atoms with Gasteiger partial charge < -0.3 is 9.97 Å². The number of fused-ring (bicyclic) bond motifs is 2. The molecule has 2 aromatic heterocycles. The molecule has 3 heterocycles. The number of nitrogens with one attached hydrogen (secondary N) is 3. The largest absolute Gasteiger partial charge is 0.323 e. The van der Waals surface area contributed by atoms with Crippen molar-refractivity contribution in [2.24, 2.45) is 0 Å². The highest BCUT2D eigenvalue weighted by atomic mass is 32.2. The van der Waals surface area contributed by atoms with Gasteiger partial charge in [0.2, 0.25) is 10.0 Å². The van der Waals surface area contributed by atoms with Gasteiger partial charge in [0.1, 0.15) is 5.82 Å². The van der Waals surface area contributed by atoms with Gasteiger partial charge in [0.25, 0.3) is 0 Å². The molecule has 0 saturated carbocycles. The third kappa shape index (κ3) is 2.87. The van der Waals surface area contributed by atoms with E-state index in [-0.39, 0.29) is 10.6 Å². The maximum absolute atomic E-state index is 12.8. The first kappa shape index (κ1) is 16.0. The van der Waals surface area contributed by atoms with E-state index in [1.165, 1.54) is 12.1 Å². The van der Waals surface area contributed by atoms with E-state index in [1.54, 1.807) is 10.7 Å². The van der Waals surface area contributed by atoms with Crippen LogP contribution in [0, 0.1) is 0 Å². The molecule has 0 fully saturated rings. The van der Waals surface area contributed by atoms with E-state index in [4.69, 9.17) is 0 Å². The van der Waals surface area contributed by atoms with Crippen molar-refractivity contribution in [1.29, 1.82) is 0 Å². The minimum atomic E-state index is -3.75. The fourth-order valence-corrected chi connectivity index (χ4v) is 4.35. The zero-order valence-corrected chi connectivity index (χ0v) is 14.4. The number of aromatic nitrogens is 5. The summed E-state index contributed by atoms with van der Waals surface area (Å²) in [7, 11) is -3.75. The molecule has 0 aliphatic carbocycles. The van der Waals surface area contributed by atoms with Crippen LogP contribution in [-0.2, 0) is 23.0 Å². The minimum absolute atomic E-state index is 0.0996. The lowest BCUT2D eigenvalue weighted by atomic mass is 10.1. The molecule has 132 valence electrons. The normalized spacial score (nSPS) is 17.7. The van der Waals surface area contributed by atoms with Crippen molar-refractivity contribution in [3.63, 3.8) is 0 Å². The van der Waals surface area contributed by atoms with Crippen molar-refractivity contribution in [3.05, 3.63) is 40.3 Å². The Bertz CT molecular complexity index is 1090. The molecule has 1 aliphatic rings. The molecule has 25 heavy (non-hydrogen) atoms. The van der Waals surface area contributed by atoms with Crippen molar-refractivity contribution in [2.75, 3.05) is 0 Å². The molecule has 1 atom stereocenters.